The minimum Gasteiger partial charge on any atom is -0.324 e. The van der Waals surface area contributed by atoms with Crippen molar-refractivity contribution in [2.75, 3.05) is 29.0 Å². The van der Waals surface area contributed by atoms with E-state index in [1.807, 2.05) is 25.0 Å². The van der Waals surface area contributed by atoms with Gasteiger partial charge in [0.15, 0.2) is 7.28 Å². The second-order valence-corrected chi connectivity index (χ2v) is 5.34. The normalized spacial score (nSPS) is 10.1. The quantitative estimate of drug-likeness (QED) is 0.614. The molecular formula is C14H19BCl2N2O2. The van der Waals surface area contributed by atoms with Gasteiger partial charge in [0.2, 0.25) is 11.8 Å². The number of carbonyl (C=O) groups is 2. The molecule has 21 heavy (non-hydrogen) atoms. The lowest BCUT2D eigenvalue weighted by atomic mass is 9.73. The van der Waals surface area contributed by atoms with E-state index in [-0.39, 0.29) is 36.4 Å². The number of alkyl halides is 2. The van der Waals surface area contributed by atoms with Crippen LogP contribution in [0.5, 0.6) is 0 Å². The zero-order chi connectivity index (χ0) is 15.8. The smallest absolute Gasteiger partial charge is 0.227 e. The molecule has 0 fully saturated rings. The zero-order valence-electron chi connectivity index (χ0n) is 12.3. The fraction of sp³-hybridized carbons (Fsp3) is 0.429. The van der Waals surface area contributed by atoms with Crippen LogP contribution >= 0.6 is 23.2 Å². The van der Waals surface area contributed by atoms with Gasteiger partial charge in [0, 0.05) is 31.6 Å². The Balaban J connectivity index is 3.07. The summed E-state index contributed by atoms with van der Waals surface area (Å²) in [5.41, 5.74) is 2.37. The largest absolute Gasteiger partial charge is 0.324 e. The van der Waals surface area contributed by atoms with Gasteiger partial charge in [0.25, 0.3) is 0 Å². The van der Waals surface area contributed by atoms with Gasteiger partial charge in [0.1, 0.15) is 0 Å². The Labute approximate surface area is 136 Å². The van der Waals surface area contributed by atoms with E-state index in [2.05, 4.69) is 5.32 Å². The molecule has 0 aromatic heterocycles. The Kier molecular flexibility index (Phi) is 7.61. The Bertz CT molecular complexity index is 512. The van der Waals surface area contributed by atoms with Crippen LogP contribution in [0.25, 0.3) is 0 Å². The van der Waals surface area contributed by atoms with Crippen molar-refractivity contribution in [2.45, 2.75) is 19.7 Å². The third-order valence-electron chi connectivity index (χ3n) is 3.11. The molecule has 4 nitrogen and oxygen atoms in total. The van der Waals surface area contributed by atoms with Crippen LogP contribution in [-0.4, -0.2) is 37.9 Å². The lowest BCUT2D eigenvalue weighted by molar-refractivity contribution is -0.118. The molecule has 0 atom stereocenters. The van der Waals surface area contributed by atoms with Gasteiger partial charge in [-0.15, -0.1) is 23.2 Å². The van der Waals surface area contributed by atoms with Gasteiger partial charge in [-0.05, 0) is 12.1 Å². The molecular weight excluding hydrogens is 310 g/mol. The first-order valence-electron chi connectivity index (χ1n) is 6.84. The maximum Gasteiger partial charge on any atom is 0.227 e. The first-order chi connectivity index (χ1) is 10.0. The average molecular weight is 329 g/mol. The molecule has 1 aromatic carbocycles. The standard InChI is InChI=1S/C14H19BCl2N2O2/c1-15-10-3-4-11(18-13(20)5-7-16)12(9-10)19(2)14(21)6-8-17/h3-4,9,15H,5-8H2,1-2H3,(H,18,20). The molecule has 0 spiro atoms. The zero-order valence-corrected chi connectivity index (χ0v) is 13.8. The Morgan fingerprint density at radius 1 is 1.24 bits per heavy atom. The van der Waals surface area contributed by atoms with Gasteiger partial charge in [-0.1, -0.05) is 18.4 Å². The van der Waals surface area contributed by atoms with E-state index >= 15 is 0 Å². The van der Waals surface area contributed by atoms with Crippen LogP contribution in [-0.2, 0) is 9.59 Å². The third kappa shape index (κ3) is 5.25. The van der Waals surface area contributed by atoms with Crippen molar-refractivity contribution in [1.82, 2.24) is 0 Å². The van der Waals surface area contributed by atoms with Crippen LogP contribution in [0.2, 0.25) is 6.82 Å². The molecule has 1 aromatic rings. The summed E-state index contributed by atoms with van der Waals surface area (Å²) in [6.45, 7) is 2.03. The number of amides is 2. The predicted molar refractivity (Wildman–Crippen MR) is 91.8 cm³/mol. The maximum atomic E-state index is 12.0. The summed E-state index contributed by atoms with van der Waals surface area (Å²) < 4.78 is 0. The Morgan fingerprint density at radius 3 is 2.48 bits per heavy atom. The van der Waals surface area contributed by atoms with Gasteiger partial charge in [-0.25, -0.2) is 0 Å². The second-order valence-electron chi connectivity index (χ2n) is 4.58. The number of benzene rings is 1. The predicted octanol–water partition coefficient (Wildman–Crippen LogP) is 1.96. The lowest BCUT2D eigenvalue weighted by Gasteiger charge is -2.21. The van der Waals surface area contributed by atoms with Gasteiger partial charge < -0.3 is 10.2 Å². The number of halogens is 2. The molecule has 0 unspecified atom stereocenters. The molecule has 1 rings (SSSR count). The number of nitrogens with one attached hydrogen (secondary N) is 1. The highest BCUT2D eigenvalue weighted by atomic mass is 35.5. The van der Waals surface area contributed by atoms with Crippen LogP contribution < -0.4 is 15.7 Å². The fourth-order valence-corrected chi connectivity index (χ4v) is 2.20. The van der Waals surface area contributed by atoms with Gasteiger partial charge >= 0.3 is 0 Å². The Morgan fingerprint density at radius 2 is 1.90 bits per heavy atom. The number of hydrogen-bond donors (Lipinski definition) is 1. The summed E-state index contributed by atoms with van der Waals surface area (Å²) in [4.78, 5) is 25.3. The van der Waals surface area contributed by atoms with Crippen molar-refractivity contribution in [3.63, 3.8) is 0 Å². The van der Waals surface area contributed by atoms with E-state index in [0.29, 0.717) is 11.4 Å². The summed E-state index contributed by atoms with van der Waals surface area (Å²) in [6.07, 6.45) is 0.485. The SMILES string of the molecule is CBc1ccc(NC(=O)CCCl)c(N(C)C(=O)CCCl)c1. The maximum absolute atomic E-state index is 12.0. The van der Waals surface area contributed by atoms with Gasteiger partial charge in [-0.2, -0.15) is 0 Å². The average Bonchev–Trinajstić information content (AvgIpc) is 2.47. The molecule has 7 heteroatoms. The highest BCUT2D eigenvalue weighted by molar-refractivity contribution is 6.52. The fourth-order valence-electron chi connectivity index (χ4n) is 1.86. The van der Waals surface area contributed by atoms with Crippen molar-refractivity contribution < 1.29 is 9.59 Å². The van der Waals surface area contributed by atoms with Crippen molar-refractivity contribution >= 4 is 59.1 Å². The van der Waals surface area contributed by atoms with E-state index in [4.69, 9.17) is 23.2 Å². The second kappa shape index (κ2) is 8.95. The summed E-state index contributed by atoms with van der Waals surface area (Å²) in [7, 11) is 2.53. The molecule has 1 N–H and O–H groups in total. The molecule has 0 heterocycles. The van der Waals surface area contributed by atoms with Gasteiger partial charge in [0.05, 0.1) is 11.4 Å². The summed E-state index contributed by atoms with van der Waals surface area (Å²) in [5.74, 6) is 0.264. The summed E-state index contributed by atoms with van der Waals surface area (Å²) >= 11 is 11.2. The number of rotatable bonds is 7. The molecule has 0 aliphatic rings. The van der Waals surface area contributed by atoms with E-state index in [0.717, 1.165) is 12.7 Å². The monoisotopic (exact) mass is 328 g/mol. The summed E-state index contributed by atoms with van der Waals surface area (Å²) in [6, 6.07) is 5.65. The highest BCUT2D eigenvalue weighted by Crippen LogP contribution is 2.24. The topological polar surface area (TPSA) is 49.4 Å². The molecule has 0 saturated heterocycles. The molecule has 114 valence electrons. The van der Waals surface area contributed by atoms with E-state index < -0.39 is 0 Å². The van der Waals surface area contributed by atoms with Crippen molar-refractivity contribution in [3.05, 3.63) is 18.2 Å². The minimum atomic E-state index is -0.173. The molecule has 0 aliphatic carbocycles. The molecule has 2 amide bonds. The minimum absolute atomic E-state index is 0.0916. The van der Waals surface area contributed by atoms with Crippen LogP contribution in [0, 0.1) is 0 Å². The first-order valence-corrected chi connectivity index (χ1v) is 7.91. The third-order valence-corrected chi connectivity index (χ3v) is 3.49. The number of hydrogen-bond acceptors (Lipinski definition) is 2. The molecule has 0 radical (unpaired) electrons. The lowest BCUT2D eigenvalue weighted by Crippen LogP contribution is -2.29. The highest BCUT2D eigenvalue weighted by Gasteiger charge is 2.16. The molecule has 0 aliphatic heterocycles. The van der Waals surface area contributed by atoms with Crippen LogP contribution in [0.3, 0.4) is 0 Å². The van der Waals surface area contributed by atoms with E-state index in [1.165, 1.54) is 4.90 Å². The van der Waals surface area contributed by atoms with Crippen molar-refractivity contribution in [2.24, 2.45) is 0 Å². The van der Waals surface area contributed by atoms with Crippen molar-refractivity contribution in [1.29, 1.82) is 0 Å². The van der Waals surface area contributed by atoms with Crippen molar-refractivity contribution in [3.8, 4) is 0 Å². The number of carbonyl (C=O) groups excluding carboxylic acids is 2. The van der Waals surface area contributed by atoms with E-state index in [1.54, 1.807) is 7.05 Å². The van der Waals surface area contributed by atoms with Crippen LogP contribution in [0.4, 0.5) is 11.4 Å². The molecule has 0 saturated carbocycles. The Hall–Kier alpha value is -1.20. The van der Waals surface area contributed by atoms with Gasteiger partial charge in [-0.3, -0.25) is 9.59 Å². The number of anilines is 2. The van der Waals surface area contributed by atoms with E-state index in [9.17, 15) is 9.59 Å². The summed E-state index contributed by atoms with van der Waals surface area (Å²) in [5, 5.41) is 2.79. The first kappa shape index (κ1) is 17.9. The van der Waals surface area contributed by atoms with Crippen LogP contribution in [0.1, 0.15) is 12.8 Å². The van der Waals surface area contributed by atoms with Crippen LogP contribution in [0.15, 0.2) is 18.2 Å². The molecule has 0 bridgehead atoms. The number of nitrogens with zero attached hydrogens (tertiary/aromatic N) is 1.